The molecule has 5 atom stereocenters. The summed E-state index contributed by atoms with van der Waals surface area (Å²) in [7, 11) is 0. The van der Waals surface area contributed by atoms with Crippen LogP contribution in [0.4, 0.5) is 0 Å². The largest absolute Gasteiger partial charge is 0.392 e. The average Bonchev–Trinajstić information content (AvgIpc) is 3.27. The summed E-state index contributed by atoms with van der Waals surface area (Å²) >= 11 is 0. The van der Waals surface area contributed by atoms with Gasteiger partial charge in [0, 0.05) is 23.6 Å². The number of carbonyl (C=O) groups is 3. The SMILES string of the molecule is C[C@@H](O)[C@H](NC(=O)[C@H](Cc1c[nH]c2ccccc12)N1CC(O)CC1C(N)=O)C(N)=O. The van der Waals surface area contributed by atoms with Gasteiger partial charge in [-0.1, -0.05) is 18.2 Å². The van der Waals surface area contributed by atoms with E-state index in [1.807, 2.05) is 24.3 Å². The number of likely N-dealkylation sites (tertiary alicyclic amines) is 1. The average molecular weight is 417 g/mol. The van der Waals surface area contributed by atoms with Crippen molar-refractivity contribution >= 4 is 28.6 Å². The molecule has 10 heteroatoms. The second kappa shape index (κ2) is 8.82. The van der Waals surface area contributed by atoms with Gasteiger partial charge in [0.25, 0.3) is 0 Å². The van der Waals surface area contributed by atoms with Crippen LogP contribution < -0.4 is 16.8 Å². The van der Waals surface area contributed by atoms with Crippen molar-refractivity contribution in [2.75, 3.05) is 6.54 Å². The maximum Gasteiger partial charge on any atom is 0.242 e. The molecule has 1 aliphatic rings. The number of amides is 3. The molecule has 1 fully saturated rings. The molecule has 0 aliphatic carbocycles. The number of nitrogens with two attached hydrogens (primary N) is 2. The van der Waals surface area contributed by atoms with Gasteiger partial charge in [-0.2, -0.15) is 0 Å². The lowest BCUT2D eigenvalue weighted by molar-refractivity contribution is -0.134. The minimum Gasteiger partial charge on any atom is -0.392 e. The lowest BCUT2D eigenvalue weighted by Crippen LogP contribution is -2.58. The van der Waals surface area contributed by atoms with E-state index < -0.39 is 48.1 Å². The van der Waals surface area contributed by atoms with Crippen LogP contribution in [0.1, 0.15) is 18.9 Å². The molecule has 1 saturated heterocycles. The van der Waals surface area contributed by atoms with Gasteiger partial charge in [-0.15, -0.1) is 0 Å². The molecule has 30 heavy (non-hydrogen) atoms. The molecular formula is C20H27N5O5. The van der Waals surface area contributed by atoms with Crippen LogP contribution in [-0.4, -0.2) is 74.7 Å². The molecule has 1 aromatic heterocycles. The minimum atomic E-state index is -1.29. The molecule has 8 N–H and O–H groups in total. The number of aromatic nitrogens is 1. The Morgan fingerprint density at radius 2 is 2.00 bits per heavy atom. The van der Waals surface area contributed by atoms with E-state index >= 15 is 0 Å². The quantitative estimate of drug-likeness (QED) is 0.300. The molecule has 2 aromatic rings. The first-order chi connectivity index (χ1) is 14.2. The Kier molecular flexibility index (Phi) is 6.40. The van der Waals surface area contributed by atoms with Crippen molar-refractivity contribution in [3.63, 3.8) is 0 Å². The number of β-amino-alcohol motifs (C(OH)–C–C–N with tert-alkyl or cyclic N) is 1. The van der Waals surface area contributed by atoms with Crippen LogP contribution in [0.5, 0.6) is 0 Å². The van der Waals surface area contributed by atoms with Crippen LogP contribution in [0.15, 0.2) is 30.5 Å². The monoisotopic (exact) mass is 417 g/mol. The molecule has 0 spiro atoms. The zero-order valence-electron chi connectivity index (χ0n) is 16.6. The third-order valence-electron chi connectivity index (χ3n) is 5.52. The van der Waals surface area contributed by atoms with E-state index in [9.17, 15) is 24.6 Å². The highest BCUT2D eigenvalue weighted by Crippen LogP contribution is 2.26. The summed E-state index contributed by atoms with van der Waals surface area (Å²) in [4.78, 5) is 41.5. The second-order valence-corrected chi connectivity index (χ2v) is 7.71. The van der Waals surface area contributed by atoms with Gasteiger partial charge >= 0.3 is 0 Å². The summed E-state index contributed by atoms with van der Waals surface area (Å²) in [6, 6.07) is 4.52. The zero-order chi connectivity index (χ0) is 22.0. The van der Waals surface area contributed by atoms with Gasteiger partial charge in [0.2, 0.25) is 17.7 Å². The third-order valence-corrected chi connectivity index (χ3v) is 5.52. The topological polar surface area (TPSA) is 175 Å². The van der Waals surface area contributed by atoms with Gasteiger partial charge in [-0.05, 0) is 31.4 Å². The number of H-pyrrole nitrogens is 1. The van der Waals surface area contributed by atoms with Crippen molar-refractivity contribution in [2.45, 2.75) is 50.1 Å². The van der Waals surface area contributed by atoms with Crippen LogP contribution >= 0.6 is 0 Å². The molecule has 2 heterocycles. The van der Waals surface area contributed by atoms with Crippen LogP contribution in [0.3, 0.4) is 0 Å². The maximum atomic E-state index is 13.2. The Morgan fingerprint density at radius 3 is 2.63 bits per heavy atom. The van der Waals surface area contributed by atoms with Crippen molar-refractivity contribution in [1.29, 1.82) is 0 Å². The van der Waals surface area contributed by atoms with E-state index in [2.05, 4.69) is 10.3 Å². The van der Waals surface area contributed by atoms with Crippen LogP contribution in [0, 0.1) is 0 Å². The number of aliphatic hydroxyl groups is 2. The Labute approximate surface area is 173 Å². The first-order valence-electron chi connectivity index (χ1n) is 9.75. The molecular weight excluding hydrogens is 390 g/mol. The van der Waals surface area contributed by atoms with Crippen LogP contribution in [0.25, 0.3) is 10.9 Å². The van der Waals surface area contributed by atoms with Crippen molar-refractivity contribution in [3.8, 4) is 0 Å². The Morgan fingerprint density at radius 1 is 1.30 bits per heavy atom. The number of para-hydroxylation sites is 1. The molecule has 162 valence electrons. The van der Waals surface area contributed by atoms with E-state index in [-0.39, 0.29) is 19.4 Å². The summed E-state index contributed by atoms with van der Waals surface area (Å²) in [6.07, 6.45) is 0.0674. The number of carbonyl (C=O) groups excluding carboxylic acids is 3. The predicted octanol–water partition coefficient (Wildman–Crippen LogP) is -1.65. The first kappa shape index (κ1) is 21.8. The van der Waals surface area contributed by atoms with E-state index in [0.717, 1.165) is 16.5 Å². The summed E-state index contributed by atoms with van der Waals surface area (Å²) in [5.41, 5.74) is 12.5. The number of primary amides is 2. The predicted molar refractivity (Wildman–Crippen MR) is 109 cm³/mol. The standard InChI is InChI=1S/C20H27N5O5/c1-10(26)17(19(22)29)24-20(30)16(25-9-12(27)7-15(25)18(21)28)6-11-8-23-14-5-3-2-4-13(11)14/h2-5,8,10,12,15-17,23,26-27H,6-7,9H2,1H3,(H2,21,28)(H2,22,29)(H,24,30)/t10-,12?,15?,16+,17+/m1/s1. The molecule has 3 rings (SSSR count). The van der Waals surface area contributed by atoms with Gasteiger partial charge in [0.15, 0.2) is 0 Å². The van der Waals surface area contributed by atoms with Crippen LogP contribution in [-0.2, 0) is 20.8 Å². The summed E-state index contributed by atoms with van der Waals surface area (Å²) in [5.74, 6) is -2.12. The second-order valence-electron chi connectivity index (χ2n) is 7.71. The number of aliphatic hydroxyl groups excluding tert-OH is 2. The van der Waals surface area contributed by atoms with Crippen molar-refractivity contribution < 1.29 is 24.6 Å². The fraction of sp³-hybridized carbons (Fsp3) is 0.450. The van der Waals surface area contributed by atoms with Gasteiger partial charge in [0.05, 0.1) is 24.3 Å². The highest BCUT2D eigenvalue weighted by molar-refractivity contribution is 5.91. The summed E-state index contributed by atoms with van der Waals surface area (Å²) in [6.45, 7) is 1.42. The number of hydrogen-bond acceptors (Lipinski definition) is 6. The Bertz CT molecular complexity index is 943. The normalized spacial score (nSPS) is 22.5. The van der Waals surface area contributed by atoms with E-state index in [1.165, 1.54) is 6.92 Å². The fourth-order valence-electron chi connectivity index (χ4n) is 4.01. The molecule has 0 saturated carbocycles. The van der Waals surface area contributed by atoms with Gasteiger partial charge in [0.1, 0.15) is 6.04 Å². The van der Waals surface area contributed by atoms with E-state index in [0.29, 0.717) is 0 Å². The van der Waals surface area contributed by atoms with Gasteiger partial charge in [-0.3, -0.25) is 19.3 Å². The van der Waals surface area contributed by atoms with Gasteiger partial charge < -0.3 is 32.0 Å². The zero-order valence-corrected chi connectivity index (χ0v) is 16.6. The summed E-state index contributed by atoms with van der Waals surface area (Å²) in [5, 5.41) is 23.3. The van der Waals surface area contributed by atoms with Crippen molar-refractivity contribution in [1.82, 2.24) is 15.2 Å². The Balaban J connectivity index is 1.94. The van der Waals surface area contributed by atoms with Crippen molar-refractivity contribution in [2.24, 2.45) is 11.5 Å². The summed E-state index contributed by atoms with van der Waals surface area (Å²) < 4.78 is 0. The number of nitrogens with one attached hydrogen (secondary N) is 2. The first-order valence-corrected chi connectivity index (χ1v) is 9.75. The highest BCUT2D eigenvalue weighted by atomic mass is 16.3. The number of fused-ring (bicyclic) bond motifs is 1. The fourth-order valence-corrected chi connectivity index (χ4v) is 4.01. The van der Waals surface area contributed by atoms with Gasteiger partial charge in [-0.25, -0.2) is 0 Å². The molecule has 0 radical (unpaired) electrons. The molecule has 1 aliphatic heterocycles. The number of rotatable bonds is 8. The smallest absolute Gasteiger partial charge is 0.242 e. The van der Waals surface area contributed by atoms with E-state index in [4.69, 9.17) is 11.5 Å². The lowest BCUT2D eigenvalue weighted by atomic mass is 10.0. The molecule has 1 aromatic carbocycles. The van der Waals surface area contributed by atoms with E-state index in [1.54, 1.807) is 11.1 Å². The number of aromatic amines is 1. The third kappa shape index (κ3) is 4.45. The number of hydrogen-bond donors (Lipinski definition) is 6. The molecule has 10 nitrogen and oxygen atoms in total. The Hall–Kier alpha value is -2.95. The minimum absolute atomic E-state index is 0.0734. The lowest BCUT2D eigenvalue weighted by Gasteiger charge is -2.32. The maximum absolute atomic E-state index is 13.2. The van der Waals surface area contributed by atoms with Crippen molar-refractivity contribution in [3.05, 3.63) is 36.0 Å². The molecule has 2 unspecified atom stereocenters. The number of nitrogens with zero attached hydrogens (tertiary/aromatic N) is 1. The molecule has 0 bridgehead atoms. The molecule has 3 amide bonds. The van der Waals surface area contributed by atoms with Crippen LogP contribution in [0.2, 0.25) is 0 Å². The number of benzene rings is 1. The highest BCUT2D eigenvalue weighted by Gasteiger charge is 2.42.